The Morgan fingerprint density at radius 3 is 2.45 bits per heavy atom. The number of allylic oxidation sites excluding steroid dienone is 1. The summed E-state index contributed by atoms with van der Waals surface area (Å²) in [5, 5.41) is 4.58. The molecule has 3 heterocycles. The quantitative estimate of drug-likeness (QED) is 0.205. The van der Waals surface area contributed by atoms with Gasteiger partial charge in [-0.05, 0) is 98.5 Å². The lowest BCUT2D eigenvalue weighted by molar-refractivity contribution is -0.112. The van der Waals surface area contributed by atoms with E-state index >= 15 is 0 Å². The van der Waals surface area contributed by atoms with Crippen LogP contribution < -0.4 is 11.1 Å². The number of aryl methyl sites for hydroxylation is 2. The number of ketones is 1. The number of fused-ring (bicyclic) bond motifs is 2. The van der Waals surface area contributed by atoms with Gasteiger partial charge >= 0.3 is 0 Å². The number of hydrogen-bond donors (Lipinski definition) is 2. The average Bonchev–Trinajstić information content (AvgIpc) is 3.70. The third kappa shape index (κ3) is 4.69. The van der Waals surface area contributed by atoms with Crippen LogP contribution in [0.4, 0.5) is 5.82 Å². The predicted molar refractivity (Wildman–Crippen MR) is 175 cm³/mol. The number of aromatic nitrogens is 4. The average molecular weight is 587 g/mol. The molecule has 0 unspecified atom stereocenters. The first-order valence-electron chi connectivity index (χ1n) is 15.6. The number of nitrogens with two attached hydrogens (primary N) is 1. The molecule has 2 aromatic carbocycles. The van der Waals surface area contributed by atoms with Crippen LogP contribution in [0.5, 0.6) is 0 Å². The molecule has 0 spiro atoms. The number of amides is 1. The molecule has 2 aliphatic carbocycles. The number of carbonyl (C=O) groups excluding carboxylic acids is 2. The lowest BCUT2D eigenvalue weighted by Gasteiger charge is -2.41. The summed E-state index contributed by atoms with van der Waals surface area (Å²) in [6, 6.07) is 17.9. The minimum Gasteiger partial charge on any atom is -0.384 e. The van der Waals surface area contributed by atoms with Crippen molar-refractivity contribution in [3.63, 3.8) is 0 Å². The monoisotopic (exact) mass is 586 g/mol. The van der Waals surface area contributed by atoms with Gasteiger partial charge in [0.25, 0.3) is 5.91 Å². The molecule has 0 saturated heterocycles. The van der Waals surface area contributed by atoms with E-state index in [4.69, 9.17) is 10.7 Å². The summed E-state index contributed by atoms with van der Waals surface area (Å²) in [5.41, 5.74) is 13.3. The minimum absolute atomic E-state index is 0.00360. The van der Waals surface area contributed by atoms with Crippen LogP contribution in [-0.4, -0.2) is 30.8 Å². The molecule has 8 heteroatoms. The minimum atomic E-state index is -0.533. The molecule has 2 saturated carbocycles. The fraction of sp³-hybridized carbons (Fsp3) is 0.333. The van der Waals surface area contributed by atoms with E-state index in [0.29, 0.717) is 17.3 Å². The molecule has 44 heavy (non-hydrogen) atoms. The lowest BCUT2D eigenvalue weighted by atomic mass is 9.75. The first-order chi connectivity index (χ1) is 21.2. The van der Waals surface area contributed by atoms with Crippen molar-refractivity contribution in [2.45, 2.75) is 63.3 Å². The summed E-state index contributed by atoms with van der Waals surface area (Å²) in [6.45, 7) is 1.54. The van der Waals surface area contributed by atoms with Crippen molar-refractivity contribution in [3.05, 3.63) is 83.2 Å². The van der Waals surface area contributed by atoms with E-state index in [1.807, 2.05) is 61.7 Å². The van der Waals surface area contributed by atoms with Gasteiger partial charge in [0.05, 0.1) is 28.0 Å². The zero-order valence-corrected chi connectivity index (χ0v) is 25.6. The maximum atomic E-state index is 13.9. The SMILES string of the molecule is CC(=O)/C=C/c1ccc2c(c1)nc(C1(NC(=O)c3ccc4c(C5CCCC5)c(-c5cccc(N)n5)n(C)c4c3)CCC1)n2C. The van der Waals surface area contributed by atoms with E-state index in [-0.39, 0.29) is 11.7 Å². The van der Waals surface area contributed by atoms with Gasteiger partial charge in [-0.3, -0.25) is 9.59 Å². The van der Waals surface area contributed by atoms with Crippen molar-refractivity contribution in [2.75, 3.05) is 5.73 Å². The molecule has 0 aliphatic heterocycles. The Balaban J connectivity index is 1.25. The first-order valence-corrected chi connectivity index (χ1v) is 15.6. The molecule has 2 aliphatic rings. The van der Waals surface area contributed by atoms with Crippen LogP contribution in [0, 0.1) is 0 Å². The number of nitrogen functional groups attached to an aromatic ring is 1. The number of anilines is 1. The van der Waals surface area contributed by atoms with Crippen LogP contribution in [0.2, 0.25) is 0 Å². The van der Waals surface area contributed by atoms with Crippen LogP contribution in [0.15, 0.2) is 60.7 Å². The van der Waals surface area contributed by atoms with Gasteiger partial charge in [-0.2, -0.15) is 0 Å². The van der Waals surface area contributed by atoms with Gasteiger partial charge in [0.2, 0.25) is 0 Å². The number of benzene rings is 2. The topological polar surface area (TPSA) is 108 Å². The van der Waals surface area contributed by atoms with E-state index in [2.05, 4.69) is 32.5 Å². The predicted octanol–water partition coefficient (Wildman–Crippen LogP) is 6.78. The van der Waals surface area contributed by atoms with E-state index in [9.17, 15) is 9.59 Å². The Labute approximate surface area is 257 Å². The number of pyridine rings is 1. The molecule has 7 rings (SSSR count). The van der Waals surface area contributed by atoms with Crippen molar-refractivity contribution in [3.8, 4) is 11.4 Å². The number of carbonyl (C=O) groups is 2. The van der Waals surface area contributed by atoms with Crippen molar-refractivity contribution < 1.29 is 9.59 Å². The summed E-state index contributed by atoms with van der Waals surface area (Å²) in [5.74, 6) is 1.73. The number of nitrogens with one attached hydrogen (secondary N) is 1. The molecule has 5 aromatic rings. The second-order valence-electron chi connectivity index (χ2n) is 12.6. The summed E-state index contributed by atoms with van der Waals surface area (Å²) in [7, 11) is 4.07. The van der Waals surface area contributed by atoms with Gasteiger partial charge in [-0.25, -0.2) is 9.97 Å². The third-order valence-corrected chi connectivity index (χ3v) is 9.68. The van der Waals surface area contributed by atoms with E-state index < -0.39 is 5.54 Å². The summed E-state index contributed by atoms with van der Waals surface area (Å²) in [4.78, 5) is 35.1. The van der Waals surface area contributed by atoms with Crippen LogP contribution >= 0.6 is 0 Å². The van der Waals surface area contributed by atoms with Crippen molar-refractivity contribution >= 4 is 45.5 Å². The zero-order chi connectivity index (χ0) is 30.6. The van der Waals surface area contributed by atoms with Gasteiger partial charge in [-0.15, -0.1) is 0 Å². The van der Waals surface area contributed by atoms with Crippen LogP contribution in [0.3, 0.4) is 0 Å². The second-order valence-corrected chi connectivity index (χ2v) is 12.6. The number of rotatable bonds is 7. The molecule has 2 fully saturated rings. The van der Waals surface area contributed by atoms with Crippen molar-refractivity contribution in [2.24, 2.45) is 14.1 Å². The summed E-state index contributed by atoms with van der Waals surface area (Å²) in [6.07, 6.45) is 10.8. The molecule has 0 bridgehead atoms. The number of nitrogens with zero attached hydrogens (tertiary/aromatic N) is 4. The summed E-state index contributed by atoms with van der Waals surface area (Å²) < 4.78 is 4.27. The Hall–Kier alpha value is -4.72. The Kier molecular flexibility index (Phi) is 6.87. The lowest BCUT2D eigenvalue weighted by Crippen LogP contribution is -2.52. The molecular formula is C36H38N6O2. The summed E-state index contributed by atoms with van der Waals surface area (Å²) >= 11 is 0. The molecule has 1 amide bonds. The van der Waals surface area contributed by atoms with Crippen molar-refractivity contribution in [1.82, 2.24) is 24.4 Å². The highest BCUT2D eigenvalue weighted by molar-refractivity contribution is 6.01. The van der Waals surface area contributed by atoms with E-state index in [0.717, 1.165) is 71.4 Å². The molecular weight excluding hydrogens is 548 g/mol. The van der Waals surface area contributed by atoms with Gasteiger partial charge in [-0.1, -0.05) is 37.1 Å². The highest BCUT2D eigenvalue weighted by Crippen LogP contribution is 2.45. The maximum absolute atomic E-state index is 13.9. The normalized spacial score (nSPS) is 16.6. The van der Waals surface area contributed by atoms with Gasteiger partial charge in [0.15, 0.2) is 5.78 Å². The molecule has 0 atom stereocenters. The highest BCUT2D eigenvalue weighted by atomic mass is 16.2. The first kappa shape index (κ1) is 28.1. The Bertz CT molecular complexity index is 1970. The van der Waals surface area contributed by atoms with Crippen LogP contribution in [-0.2, 0) is 24.4 Å². The second kappa shape index (κ2) is 10.8. The van der Waals surface area contributed by atoms with E-state index in [1.165, 1.54) is 30.7 Å². The van der Waals surface area contributed by atoms with Gasteiger partial charge < -0.3 is 20.2 Å². The fourth-order valence-electron chi connectivity index (χ4n) is 7.31. The smallest absolute Gasteiger partial charge is 0.252 e. The van der Waals surface area contributed by atoms with E-state index in [1.54, 1.807) is 6.08 Å². The third-order valence-electron chi connectivity index (χ3n) is 9.68. The van der Waals surface area contributed by atoms with Gasteiger partial charge in [0, 0.05) is 30.6 Å². The maximum Gasteiger partial charge on any atom is 0.252 e. The van der Waals surface area contributed by atoms with Crippen molar-refractivity contribution in [1.29, 1.82) is 0 Å². The Morgan fingerprint density at radius 1 is 0.955 bits per heavy atom. The number of imidazole rings is 1. The Morgan fingerprint density at radius 2 is 1.75 bits per heavy atom. The standard InChI is InChI=1S/C36H38N6O2/c1-22(43)12-13-23-14-17-29-28(20-23)39-35(42(29)3)36(18-7-19-36)40-34(44)25-15-16-26-30(21-25)41(2)33(27-10-6-11-31(37)38-27)32(26)24-8-4-5-9-24/h6,10-17,20-21,24H,4-5,7-9,18-19H2,1-3H3,(H2,37,38)(H,40,44)/b13-12+. The zero-order valence-electron chi connectivity index (χ0n) is 25.6. The molecule has 224 valence electrons. The highest BCUT2D eigenvalue weighted by Gasteiger charge is 2.44. The number of hydrogen-bond acceptors (Lipinski definition) is 5. The van der Waals surface area contributed by atoms with Crippen LogP contribution in [0.25, 0.3) is 39.4 Å². The molecule has 8 nitrogen and oxygen atoms in total. The molecule has 0 radical (unpaired) electrons. The molecule has 3 aromatic heterocycles. The largest absolute Gasteiger partial charge is 0.384 e. The molecule has 3 N–H and O–H groups in total. The van der Waals surface area contributed by atoms with Gasteiger partial charge in [0.1, 0.15) is 11.6 Å². The fourth-order valence-corrected chi connectivity index (χ4v) is 7.31. The van der Waals surface area contributed by atoms with Crippen LogP contribution in [0.1, 0.15) is 85.1 Å².